The second-order valence-corrected chi connectivity index (χ2v) is 26.6. The maximum Gasteiger partial charge on any atom is 0.146 e. The first-order chi connectivity index (χ1) is 45.7. The fourth-order valence-corrected chi connectivity index (χ4v) is 10.9. The molecule has 8 aromatic rings. The molecule has 6 unspecified atom stereocenters. The summed E-state index contributed by atoms with van der Waals surface area (Å²) in [5.41, 5.74) is 7.77. The fraction of sp³-hybridized carbons (Fsp3) is 0.392. The molecule has 95 heavy (non-hydrogen) atoms. The molecule has 0 amide bonds. The smallest absolute Gasteiger partial charge is 0.146 e. The van der Waals surface area contributed by atoms with E-state index in [1.54, 1.807) is 0 Å². The summed E-state index contributed by atoms with van der Waals surface area (Å²) in [5, 5.41) is 42.6. The number of aliphatic hydroxyl groups excluding tert-OH is 4. The van der Waals surface area contributed by atoms with Crippen LogP contribution >= 0.6 is 0 Å². The lowest BCUT2D eigenvalue weighted by molar-refractivity contribution is -0.104. The van der Waals surface area contributed by atoms with Crippen LogP contribution in [0.4, 0.5) is 0 Å². The Morgan fingerprint density at radius 1 is 0.274 bits per heavy atom. The highest BCUT2D eigenvalue weighted by atomic mass is 16.7. The fourth-order valence-electron chi connectivity index (χ4n) is 10.9. The molecule has 0 radical (unpaired) electrons. The Labute approximate surface area is 559 Å². The molecule has 2 aliphatic rings. The van der Waals surface area contributed by atoms with E-state index in [0.29, 0.717) is 47.7 Å². The van der Waals surface area contributed by atoms with Crippen LogP contribution in [0, 0.1) is 0 Å². The predicted octanol–water partition coefficient (Wildman–Crippen LogP) is 12.4. The Morgan fingerprint density at radius 3 is 0.600 bits per heavy atom. The molecule has 0 aliphatic carbocycles. The monoisotopic (exact) mass is 1300 g/mol. The third kappa shape index (κ3) is 20.0. The summed E-state index contributed by atoms with van der Waals surface area (Å²) in [7, 11) is 0. The maximum atomic E-state index is 10.7. The van der Waals surface area contributed by atoms with E-state index < -0.39 is 24.4 Å². The minimum absolute atomic E-state index is 0.0154. The number of hydrogen-bond acceptors (Lipinski definition) is 16. The van der Waals surface area contributed by atoms with Gasteiger partial charge in [-0.2, -0.15) is 0 Å². The van der Waals surface area contributed by atoms with Crippen molar-refractivity contribution in [1.82, 2.24) is 0 Å². The molecule has 8 aromatic carbocycles. The first-order valence-electron chi connectivity index (χ1n) is 32.6. The van der Waals surface area contributed by atoms with E-state index in [1.807, 2.05) is 146 Å². The molecule has 0 saturated carbocycles. The van der Waals surface area contributed by atoms with E-state index in [9.17, 15) is 20.4 Å². The predicted molar refractivity (Wildman–Crippen MR) is 364 cm³/mol. The number of epoxide rings is 2. The molecule has 16 nitrogen and oxygen atoms in total. The zero-order valence-corrected chi connectivity index (χ0v) is 55.8. The van der Waals surface area contributed by atoms with Crippen LogP contribution in [-0.2, 0) is 40.6 Å². The van der Waals surface area contributed by atoms with E-state index in [1.165, 1.54) is 11.1 Å². The molecule has 0 aromatic heterocycles. The second-order valence-electron chi connectivity index (χ2n) is 26.6. The van der Waals surface area contributed by atoms with Crippen LogP contribution in [0.2, 0.25) is 0 Å². The molecule has 10 rings (SSSR count). The zero-order valence-electron chi connectivity index (χ0n) is 55.8. The van der Waals surface area contributed by atoms with Crippen LogP contribution in [0.1, 0.15) is 99.9 Å². The Bertz CT molecular complexity index is 3350. The average Bonchev–Trinajstić information content (AvgIpc) is 1.86. The van der Waals surface area contributed by atoms with Crippen molar-refractivity contribution in [3.05, 3.63) is 239 Å². The van der Waals surface area contributed by atoms with Gasteiger partial charge in [0, 0.05) is 21.7 Å². The van der Waals surface area contributed by atoms with E-state index in [-0.39, 0.29) is 93.5 Å². The van der Waals surface area contributed by atoms with Crippen molar-refractivity contribution >= 4 is 0 Å². The first-order valence-corrected chi connectivity index (χ1v) is 32.6. The summed E-state index contributed by atoms with van der Waals surface area (Å²) in [6, 6.07) is 63.6. The minimum Gasteiger partial charge on any atom is -0.491 e. The van der Waals surface area contributed by atoms with E-state index >= 15 is 0 Å². The van der Waals surface area contributed by atoms with E-state index in [2.05, 4.69) is 104 Å². The van der Waals surface area contributed by atoms with Gasteiger partial charge >= 0.3 is 0 Å². The van der Waals surface area contributed by atoms with Crippen LogP contribution in [0.25, 0.3) is 0 Å². The molecule has 2 fully saturated rings. The lowest BCUT2D eigenvalue weighted by Gasteiger charge is -2.27. The molecule has 2 heterocycles. The SMILES string of the molecule is CC(C)(c1ccc(OCC(O)COCOCC(O)COc2ccc(C(C)(C)c3ccc(OCC(O)COc4ccc(C(C)(C)c5ccc(OCC6CO6)cc5)cc4)cc3)cc2)cc1)c1ccc(OCC(O)COc2ccc(C(C)(C)c3ccc(OCC4CO4)cc3)cc2)cc1. The maximum absolute atomic E-state index is 10.7. The number of aliphatic hydroxyl groups is 4. The van der Waals surface area contributed by atoms with Gasteiger partial charge < -0.3 is 77.3 Å². The van der Waals surface area contributed by atoms with Crippen molar-refractivity contribution in [2.45, 2.75) is 114 Å². The Balaban J connectivity index is 0.558. The number of benzene rings is 8. The van der Waals surface area contributed by atoms with Gasteiger partial charge in [0.05, 0.1) is 26.4 Å². The topological polar surface area (TPSA) is 198 Å². The van der Waals surface area contributed by atoms with Crippen molar-refractivity contribution in [3.63, 3.8) is 0 Å². The van der Waals surface area contributed by atoms with Gasteiger partial charge in [-0.3, -0.25) is 0 Å². The molecule has 4 N–H and O–H groups in total. The summed E-state index contributed by atoms with van der Waals surface area (Å²) < 4.78 is 68.6. The molecule has 6 atom stereocenters. The number of hydrogen-bond donors (Lipinski definition) is 4. The summed E-state index contributed by atoms with van der Waals surface area (Å²) in [5.74, 6) is 5.50. The first kappa shape index (κ1) is 69.7. The van der Waals surface area contributed by atoms with Gasteiger partial charge in [-0.25, -0.2) is 0 Å². The zero-order chi connectivity index (χ0) is 67.0. The van der Waals surface area contributed by atoms with Crippen molar-refractivity contribution in [2.24, 2.45) is 0 Å². The second kappa shape index (κ2) is 32.1. The van der Waals surface area contributed by atoms with Gasteiger partial charge in [0.25, 0.3) is 0 Å². The summed E-state index contributed by atoms with van der Waals surface area (Å²) in [6.07, 6.45) is -3.05. The lowest BCUT2D eigenvalue weighted by atomic mass is 9.78. The number of rotatable bonds is 38. The van der Waals surface area contributed by atoms with Crippen LogP contribution < -0.4 is 37.9 Å². The van der Waals surface area contributed by atoms with E-state index in [4.69, 9.17) is 56.8 Å². The Morgan fingerprint density at radius 2 is 0.432 bits per heavy atom. The molecule has 504 valence electrons. The van der Waals surface area contributed by atoms with Crippen LogP contribution in [0.5, 0.6) is 46.0 Å². The van der Waals surface area contributed by atoms with Crippen LogP contribution in [0.3, 0.4) is 0 Å². The highest BCUT2D eigenvalue weighted by Crippen LogP contribution is 2.38. The molecular weight excluding hydrogens is 1200 g/mol. The number of ether oxygens (including phenoxy) is 12. The molecule has 0 spiro atoms. The van der Waals surface area contributed by atoms with Crippen molar-refractivity contribution in [1.29, 1.82) is 0 Å². The summed E-state index contributed by atoms with van der Waals surface area (Å²) in [6.45, 7) is 20.2. The van der Waals surface area contributed by atoms with Gasteiger partial charge in [0.1, 0.15) is 142 Å². The molecule has 2 saturated heterocycles. The van der Waals surface area contributed by atoms with Gasteiger partial charge in [-0.15, -0.1) is 0 Å². The minimum atomic E-state index is -0.907. The van der Waals surface area contributed by atoms with Gasteiger partial charge in [-0.1, -0.05) is 152 Å². The average molecular weight is 1300 g/mol. The quantitative estimate of drug-likeness (QED) is 0.0162. The molecule has 16 heteroatoms. The van der Waals surface area contributed by atoms with Crippen molar-refractivity contribution < 1.29 is 77.3 Å². The van der Waals surface area contributed by atoms with Crippen LogP contribution in [-0.4, -0.2) is 143 Å². The third-order valence-corrected chi connectivity index (χ3v) is 17.7. The van der Waals surface area contributed by atoms with Gasteiger partial charge in [0.2, 0.25) is 0 Å². The summed E-state index contributed by atoms with van der Waals surface area (Å²) >= 11 is 0. The molecule has 0 bridgehead atoms. The third-order valence-electron chi connectivity index (χ3n) is 17.7. The molecular formula is C79H92O16. The highest BCUT2D eigenvalue weighted by Gasteiger charge is 2.29. The Hall–Kier alpha value is -8.16. The normalized spacial score (nSPS) is 16.0. The standard InChI is InChI=1S/C79H92O16/c1-76(2,56-13-29-68(30-14-56)88-45-64(82)47-90-70-33-17-58(18-34-70)78(5,6)60-21-37-72(38-22-60)92-49-74-51-94-74)54-9-25-66(26-10-54)86-43-62(80)41-84-53-85-42-63(81)44-87-67-27-11-55(12-28-67)77(3,4)57-15-31-69(32-16-57)89-46-65(83)48-91-71-35-19-59(20-36-71)79(7,8)61-23-39-73(40-24-61)93-50-75-52-95-75/h9-40,62-65,74-75,80-83H,41-53H2,1-8H3. The van der Waals surface area contributed by atoms with E-state index in [0.717, 1.165) is 58.1 Å². The van der Waals surface area contributed by atoms with Crippen molar-refractivity contribution in [2.75, 3.05) is 86.1 Å². The lowest BCUT2D eigenvalue weighted by Crippen LogP contribution is -2.26. The van der Waals surface area contributed by atoms with Gasteiger partial charge in [-0.05, 0) is 142 Å². The van der Waals surface area contributed by atoms with Gasteiger partial charge in [0.15, 0.2) is 0 Å². The summed E-state index contributed by atoms with van der Waals surface area (Å²) in [4.78, 5) is 0. The van der Waals surface area contributed by atoms with Crippen molar-refractivity contribution in [3.8, 4) is 46.0 Å². The highest BCUT2D eigenvalue weighted by molar-refractivity contribution is 5.46. The molecule has 2 aliphatic heterocycles. The largest absolute Gasteiger partial charge is 0.491 e. The van der Waals surface area contributed by atoms with Crippen LogP contribution in [0.15, 0.2) is 194 Å². The Kier molecular flexibility index (Phi) is 23.5.